The molecule has 1 aromatic heterocycles. The first kappa shape index (κ1) is 17.7. The number of amides is 1. The number of ether oxygens (including phenoxy) is 1. The molecule has 6 heteroatoms. The van der Waals surface area contributed by atoms with Gasteiger partial charge in [0.2, 0.25) is 5.95 Å². The van der Waals surface area contributed by atoms with Gasteiger partial charge in [-0.05, 0) is 25.5 Å². The van der Waals surface area contributed by atoms with Crippen molar-refractivity contribution in [2.24, 2.45) is 0 Å². The molecule has 0 bridgehead atoms. The van der Waals surface area contributed by atoms with Crippen LogP contribution in [0.4, 0.5) is 5.95 Å². The van der Waals surface area contributed by atoms with E-state index in [9.17, 15) is 4.79 Å². The van der Waals surface area contributed by atoms with Gasteiger partial charge in [-0.1, -0.05) is 25.5 Å². The van der Waals surface area contributed by atoms with Crippen molar-refractivity contribution in [3.8, 4) is 17.0 Å². The maximum atomic E-state index is 12.6. The van der Waals surface area contributed by atoms with E-state index in [1.807, 2.05) is 24.3 Å². The summed E-state index contributed by atoms with van der Waals surface area (Å²) < 4.78 is 5.88. The fourth-order valence-corrected chi connectivity index (χ4v) is 2.38. The fourth-order valence-electron chi connectivity index (χ4n) is 2.38. The smallest absolute Gasteiger partial charge is 0.257 e. The summed E-state index contributed by atoms with van der Waals surface area (Å²) in [6.45, 7) is 4.49. The zero-order valence-electron chi connectivity index (χ0n) is 14.7. The summed E-state index contributed by atoms with van der Waals surface area (Å²) in [5.74, 6) is 0.670. The maximum absolute atomic E-state index is 12.6. The Morgan fingerprint density at radius 1 is 1.25 bits per heavy atom. The third kappa shape index (κ3) is 3.82. The molecular formula is C18H24N4O2. The lowest BCUT2D eigenvalue weighted by Crippen LogP contribution is -2.24. The highest BCUT2D eigenvalue weighted by molar-refractivity contribution is 6.01. The minimum absolute atomic E-state index is 0.140. The monoisotopic (exact) mass is 328 g/mol. The van der Waals surface area contributed by atoms with Crippen LogP contribution in [0.3, 0.4) is 0 Å². The van der Waals surface area contributed by atoms with Gasteiger partial charge in [-0.3, -0.25) is 4.79 Å². The number of aromatic nitrogens is 2. The predicted molar refractivity (Wildman–Crippen MR) is 95.0 cm³/mol. The number of rotatable bonds is 6. The number of nitrogen functional groups attached to an aromatic ring is 1. The second-order valence-electron chi connectivity index (χ2n) is 5.79. The van der Waals surface area contributed by atoms with E-state index in [1.165, 1.54) is 4.90 Å². The van der Waals surface area contributed by atoms with E-state index in [1.54, 1.807) is 21.0 Å². The van der Waals surface area contributed by atoms with Gasteiger partial charge in [0.25, 0.3) is 5.91 Å². The quantitative estimate of drug-likeness (QED) is 0.825. The number of nitrogens with zero attached hydrogens (tertiary/aromatic N) is 3. The molecule has 6 nitrogen and oxygen atoms in total. The molecule has 1 aromatic carbocycles. The van der Waals surface area contributed by atoms with Gasteiger partial charge in [-0.2, -0.15) is 0 Å². The normalized spacial score (nSPS) is 10.5. The van der Waals surface area contributed by atoms with Crippen LogP contribution in [0.5, 0.6) is 5.75 Å². The molecule has 128 valence electrons. The van der Waals surface area contributed by atoms with E-state index < -0.39 is 0 Å². The number of nitrogens with two attached hydrogens (primary N) is 1. The van der Waals surface area contributed by atoms with Gasteiger partial charge in [0.15, 0.2) is 0 Å². The molecule has 0 saturated carbocycles. The molecule has 0 aliphatic carbocycles. The standard InChI is InChI=1S/C18H24N4O2/c1-5-6-11-24-14-10-8-7-9-13(14)16-15(17(23)22(3)4)12(2)20-18(19)21-16/h7-10H,5-6,11H2,1-4H3,(H2,19,20,21). The summed E-state index contributed by atoms with van der Waals surface area (Å²) in [5.41, 5.74) is 8.08. The van der Waals surface area contributed by atoms with Crippen LogP contribution in [0.25, 0.3) is 11.3 Å². The molecule has 1 amide bonds. The van der Waals surface area contributed by atoms with Gasteiger partial charge in [0.05, 0.1) is 23.6 Å². The van der Waals surface area contributed by atoms with Crippen LogP contribution in [0.15, 0.2) is 24.3 Å². The number of carbonyl (C=O) groups excluding carboxylic acids is 1. The molecule has 0 fully saturated rings. The van der Waals surface area contributed by atoms with Gasteiger partial charge in [0.1, 0.15) is 5.75 Å². The highest BCUT2D eigenvalue weighted by atomic mass is 16.5. The van der Waals surface area contributed by atoms with Gasteiger partial charge in [-0.15, -0.1) is 0 Å². The molecule has 0 aliphatic rings. The molecule has 0 atom stereocenters. The zero-order valence-corrected chi connectivity index (χ0v) is 14.7. The molecule has 0 radical (unpaired) electrons. The van der Waals surface area contributed by atoms with Crippen LogP contribution in [-0.2, 0) is 0 Å². The summed E-state index contributed by atoms with van der Waals surface area (Å²) in [7, 11) is 3.40. The largest absolute Gasteiger partial charge is 0.493 e. The molecule has 2 aromatic rings. The van der Waals surface area contributed by atoms with Crippen LogP contribution in [0, 0.1) is 6.92 Å². The number of aryl methyl sites for hydroxylation is 1. The van der Waals surface area contributed by atoms with E-state index in [2.05, 4.69) is 16.9 Å². The average molecular weight is 328 g/mol. The Labute approximate surface area is 142 Å². The SMILES string of the molecule is CCCCOc1ccccc1-c1nc(N)nc(C)c1C(=O)N(C)C. The van der Waals surface area contributed by atoms with Crippen LogP contribution < -0.4 is 10.5 Å². The number of anilines is 1. The molecule has 0 saturated heterocycles. The van der Waals surface area contributed by atoms with Crippen molar-refractivity contribution < 1.29 is 9.53 Å². The zero-order chi connectivity index (χ0) is 17.7. The van der Waals surface area contributed by atoms with Gasteiger partial charge in [0, 0.05) is 19.7 Å². The maximum Gasteiger partial charge on any atom is 0.257 e. The van der Waals surface area contributed by atoms with Gasteiger partial charge >= 0.3 is 0 Å². The van der Waals surface area contributed by atoms with Crippen LogP contribution in [0.1, 0.15) is 35.8 Å². The van der Waals surface area contributed by atoms with E-state index in [0.29, 0.717) is 29.3 Å². The Balaban J connectivity index is 2.58. The van der Waals surface area contributed by atoms with Crippen molar-refractivity contribution >= 4 is 11.9 Å². The number of hydrogen-bond donors (Lipinski definition) is 1. The molecular weight excluding hydrogens is 304 g/mol. The Bertz CT molecular complexity index is 729. The van der Waals surface area contributed by atoms with E-state index in [-0.39, 0.29) is 11.9 Å². The molecule has 24 heavy (non-hydrogen) atoms. The number of para-hydroxylation sites is 1. The lowest BCUT2D eigenvalue weighted by atomic mass is 10.0. The summed E-state index contributed by atoms with van der Waals surface area (Å²) in [6, 6.07) is 7.55. The first-order valence-corrected chi connectivity index (χ1v) is 8.03. The Kier molecular flexibility index (Phi) is 5.73. The summed E-state index contributed by atoms with van der Waals surface area (Å²) >= 11 is 0. The number of carbonyl (C=O) groups is 1. The molecule has 1 heterocycles. The third-order valence-corrected chi connectivity index (χ3v) is 3.62. The van der Waals surface area contributed by atoms with Crippen molar-refractivity contribution in [2.45, 2.75) is 26.7 Å². The molecule has 2 rings (SSSR count). The first-order chi connectivity index (χ1) is 11.5. The Hall–Kier alpha value is -2.63. The van der Waals surface area contributed by atoms with Crippen molar-refractivity contribution in [1.82, 2.24) is 14.9 Å². The summed E-state index contributed by atoms with van der Waals surface area (Å²) in [5, 5.41) is 0. The minimum atomic E-state index is -0.161. The Morgan fingerprint density at radius 3 is 2.62 bits per heavy atom. The van der Waals surface area contributed by atoms with E-state index in [4.69, 9.17) is 10.5 Å². The van der Waals surface area contributed by atoms with Crippen molar-refractivity contribution in [3.63, 3.8) is 0 Å². The average Bonchev–Trinajstić information content (AvgIpc) is 2.54. The van der Waals surface area contributed by atoms with Crippen LogP contribution >= 0.6 is 0 Å². The summed E-state index contributed by atoms with van der Waals surface area (Å²) in [6.07, 6.45) is 2.01. The first-order valence-electron chi connectivity index (χ1n) is 8.03. The number of benzene rings is 1. The summed E-state index contributed by atoms with van der Waals surface area (Å²) in [4.78, 5) is 22.6. The van der Waals surface area contributed by atoms with Gasteiger partial charge in [-0.25, -0.2) is 9.97 Å². The van der Waals surface area contributed by atoms with E-state index in [0.717, 1.165) is 18.4 Å². The number of unbranched alkanes of at least 4 members (excludes halogenated alkanes) is 1. The van der Waals surface area contributed by atoms with Crippen LogP contribution in [0.2, 0.25) is 0 Å². The second-order valence-corrected chi connectivity index (χ2v) is 5.79. The lowest BCUT2D eigenvalue weighted by Gasteiger charge is -2.17. The van der Waals surface area contributed by atoms with E-state index >= 15 is 0 Å². The highest BCUT2D eigenvalue weighted by Gasteiger charge is 2.22. The molecule has 2 N–H and O–H groups in total. The topological polar surface area (TPSA) is 81.3 Å². The van der Waals surface area contributed by atoms with Crippen molar-refractivity contribution in [1.29, 1.82) is 0 Å². The highest BCUT2D eigenvalue weighted by Crippen LogP contribution is 2.33. The Morgan fingerprint density at radius 2 is 1.96 bits per heavy atom. The predicted octanol–water partition coefficient (Wildman–Crippen LogP) is 2.91. The molecule has 0 spiro atoms. The molecule has 0 unspecified atom stereocenters. The van der Waals surface area contributed by atoms with Gasteiger partial charge < -0.3 is 15.4 Å². The van der Waals surface area contributed by atoms with Crippen molar-refractivity contribution in [3.05, 3.63) is 35.5 Å². The van der Waals surface area contributed by atoms with Crippen molar-refractivity contribution in [2.75, 3.05) is 26.4 Å². The minimum Gasteiger partial charge on any atom is -0.493 e. The molecule has 0 aliphatic heterocycles. The van der Waals surface area contributed by atoms with Crippen LogP contribution in [-0.4, -0.2) is 41.5 Å². The lowest BCUT2D eigenvalue weighted by molar-refractivity contribution is 0.0827. The number of hydrogen-bond acceptors (Lipinski definition) is 5. The third-order valence-electron chi connectivity index (χ3n) is 3.62. The fraction of sp³-hybridized carbons (Fsp3) is 0.389. The second kappa shape index (κ2) is 7.77.